The molecule has 0 aromatic carbocycles. The number of H-pyrrole nitrogens is 1. The van der Waals surface area contributed by atoms with Gasteiger partial charge in [0.2, 0.25) is 0 Å². The molecule has 0 spiro atoms. The van der Waals surface area contributed by atoms with E-state index in [1.54, 1.807) is 0 Å². The van der Waals surface area contributed by atoms with Crippen molar-refractivity contribution in [3.63, 3.8) is 0 Å². The van der Waals surface area contributed by atoms with Crippen LogP contribution in [0.4, 0.5) is 0 Å². The average molecular weight is 384 g/mol. The van der Waals surface area contributed by atoms with Crippen LogP contribution < -0.4 is 5.56 Å². The number of nitrogens with one attached hydrogen (secondary N) is 1. The molecule has 0 saturated heterocycles. The molecule has 0 atom stereocenters. The van der Waals surface area contributed by atoms with E-state index in [0.29, 0.717) is 0 Å². The molecule has 4 saturated carbocycles. The number of halogens is 1. The summed E-state index contributed by atoms with van der Waals surface area (Å²) in [5.41, 5.74) is 1.26. The predicted octanol–water partition coefficient (Wildman–Crippen LogP) is 3.40. The molecule has 1 aromatic rings. The first-order valence-electron chi connectivity index (χ1n) is 7.89. The fourth-order valence-electron chi connectivity index (χ4n) is 5.39. The molecular weight excluding hydrogens is 363 g/mol. The van der Waals surface area contributed by atoms with E-state index >= 15 is 0 Å². The van der Waals surface area contributed by atoms with Gasteiger partial charge in [0.1, 0.15) is 5.82 Å². The largest absolute Gasteiger partial charge is 0.309 e. The van der Waals surface area contributed by atoms with E-state index < -0.39 is 0 Å². The SMILES string of the molecule is CCc1nc(C23CC4CC(CC(C4)C2)C3)[nH]c(=O)c1I. The number of hydrogen-bond donors (Lipinski definition) is 1. The number of aryl methyl sites for hydroxylation is 1. The highest BCUT2D eigenvalue weighted by molar-refractivity contribution is 14.1. The minimum absolute atomic E-state index is 0.0724. The van der Waals surface area contributed by atoms with E-state index in [-0.39, 0.29) is 11.0 Å². The third-order valence-corrected chi connectivity index (χ3v) is 6.92. The Bertz CT molecular complexity index is 572. The fourth-order valence-corrected chi connectivity index (χ4v) is 6.03. The van der Waals surface area contributed by atoms with Gasteiger partial charge in [-0.05, 0) is 85.3 Å². The maximum absolute atomic E-state index is 12.2. The van der Waals surface area contributed by atoms with Crippen LogP contribution in [0.5, 0.6) is 0 Å². The van der Waals surface area contributed by atoms with Crippen molar-refractivity contribution in [2.75, 3.05) is 0 Å². The van der Waals surface area contributed by atoms with Crippen LogP contribution in [-0.2, 0) is 11.8 Å². The Morgan fingerprint density at radius 1 is 1.20 bits per heavy atom. The monoisotopic (exact) mass is 384 g/mol. The lowest BCUT2D eigenvalue weighted by Gasteiger charge is -2.56. The molecular formula is C16H21IN2O. The Balaban J connectivity index is 1.81. The number of aromatic amines is 1. The standard InChI is InChI=1S/C16H21IN2O/c1-2-12-13(17)14(20)19-15(18-12)16-6-9-3-10(7-16)5-11(4-9)8-16/h9-11H,2-8H2,1H3,(H,18,19,20). The molecule has 0 radical (unpaired) electrons. The molecule has 4 bridgehead atoms. The van der Waals surface area contributed by atoms with E-state index in [0.717, 1.165) is 39.3 Å². The van der Waals surface area contributed by atoms with Crippen molar-refractivity contribution >= 4 is 22.6 Å². The molecule has 0 unspecified atom stereocenters. The van der Waals surface area contributed by atoms with Crippen molar-refractivity contribution in [1.29, 1.82) is 0 Å². The summed E-state index contributed by atoms with van der Waals surface area (Å²) in [6.07, 6.45) is 8.89. The summed E-state index contributed by atoms with van der Waals surface area (Å²) in [4.78, 5) is 20.2. The zero-order valence-corrected chi connectivity index (χ0v) is 14.1. The highest BCUT2D eigenvalue weighted by Crippen LogP contribution is 2.60. The van der Waals surface area contributed by atoms with Gasteiger partial charge >= 0.3 is 0 Å². The predicted molar refractivity (Wildman–Crippen MR) is 86.8 cm³/mol. The summed E-state index contributed by atoms with van der Waals surface area (Å²) in [7, 11) is 0. The van der Waals surface area contributed by atoms with Crippen LogP contribution in [0.1, 0.15) is 57.0 Å². The van der Waals surface area contributed by atoms with Gasteiger partial charge in [0, 0.05) is 5.41 Å². The molecule has 0 aliphatic heterocycles. The maximum Gasteiger partial charge on any atom is 0.264 e. The molecule has 1 heterocycles. The summed E-state index contributed by atoms with van der Waals surface area (Å²) < 4.78 is 0.776. The van der Waals surface area contributed by atoms with Crippen molar-refractivity contribution in [3.8, 4) is 0 Å². The van der Waals surface area contributed by atoms with Crippen molar-refractivity contribution in [3.05, 3.63) is 25.4 Å². The number of aromatic nitrogens is 2. The zero-order chi connectivity index (χ0) is 13.9. The zero-order valence-electron chi connectivity index (χ0n) is 11.9. The number of rotatable bonds is 2. The van der Waals surface area contributed by atoms with E-state index in [4.69, 9.17) is 4.98 Å². The van der Waals surface area contributed by atoms with E-state index in [1.807, 2.05) is 0 Å². The summed E-state index contributed by atoms with van der Waals surface area (Å²) in [6, 6.07) is 0. The molecule has 20 heavy (non-hydrogen) atoms. The highest BCUT2D eigenvalue weighted by Gasteiger charge is 2.53. The first kappa shape index (κ1) is 13.3. The Morgan fingerprint density at radius 2 is 1.75 bits per heavy atom. The lowest BCUT2D eigenvalue weighted by atomic mass is 9.49. The average Bonchev–Trinajstić information content (AvgIpc) is 2.40. The van der Waals surface area contributed by atoms with Crippen LogP contribution in [0.15, 0.2) is 4.79 Å². The third-order valence-electron chi connectivity index (χ3n) is 5.81. The lowest BCUT2D eigenvalue weighted by molar-refractivity contribution is -0.00962. The first-order chi connectivity index (χ1) is 9.59. The summed E-state index contributed by atoms with van der Waals surface area (Å²) in [6.45, 7) is 2.09. The van der Waals surface area contributed by atoms with Gasteiger partial charge in [0.15, 0.2) is 0 Å². The van der Waals surface area contributed by atoms with Gasteiger partial charge in [0.25, 0.3) is 5.56 Å². The van der Waals surface area contributed by atoms with Crippen molar-refractivity contribution in [1.82, 2.24) is 9.97 Å². The molecule has 4 aliphatic rings. The molecule has 4 fully saturated rings. The molecule has 108 valence electrons. The van der Waals surface area contributed by atoms with Gasteiger partial charge in [-0.1, -0.05) is 6.92 Å². The maximum atomic E-state index is 12.2. The molecule has 5 rings (SSSR count). The van der Waals surface area contributed by atoms with Crippen molar-refractivity contribution < 1.29 is 0 Å². The Hall–Kier alpha value is -0.390. The quantitative estimate of drug-likeness (QED) is 0.795. The van der Waals surface area contributed by atoms with Crippen LogP contribution in [-0.4, -0.2) is 9.97 Å². The highest BCUT2D eigenvalue weighted by atomic mass is 127. The molecule has 3 nitrogen and oxygen atoms in total. The van der Waals surface area contributed by atoms with Gasteiger partial charge in [-0.15, -0.1) is 0 Å². The van der Waals surface area contributed by atoms with Crippen LogP contribution in [0, 0.1) is 21.3 Å². The second-order valence-corrected chi connectivity index (χ2v) is 8.31. The number of nitrogens with zero attached hydrogens (tertiary/aromatic N) is 1. The molecule has 4 heteroatoms. The van der Waals surface area contributed by atoms with Gasteiger partial charge in [0.05, 0.1) is 9.26 Å². The summed E-state index contributed by atoms with van der Waals surface area (Å²) >= 11 is 2.13. The van der Waals surface area contributed by atoms with Gasteiger partial charge in [-0.3, -0.25) is 4.79 Å². The molecule has 1 aromatic heterocycles. The second-order valence-electron chi connectivity index (χ2n) is 7.23. The third kappa shape index (κ3) is 1.90. The summed E-state index contributed by atoms with van der Waals surface area (Å²) in [5, 5.41) is 0. The lowest BCUT2D eigenvalue weighted by Crippen LogP contribution is -2.50. The van der Waals surface area contributed by atoms with Gasteiger partial charge in [-0.2, -0.15) is 0 Å². The second kappa shape index (κ2) is 4.55. The minimum Gasteiger partial charge on any atom is -0.309 e. The Labute approximate surface area is 133 Å². The van der Waals surface area contributed by atoms with Crippen LogP contribution in [0.3, 0.4) is 0 Å². The van der Waals surface area contributed by atoms with Crippen LogP contribution in [0.2, 0.25) is 0 Å². The summed E-state index contributed by atoms with van der Waals surface area (Å²) in [5.74, 6) is 3.67. The topological polar surface area (TPSA) is 45.8 Å². The van der Waals surface area contributed by atoms with E-state index in [1.165, 1.54) is 38.5 Å². The van der Waals surface area contributed by atoms with Gasteiger partial charge < -0.3 is 4.98 Å². The minimum atomic E-state index is 0.0724. The molecule has 1 N–H and O–H groups in total. The molecule has 0 amide bonds. The normalized spacial score (nSPS) is 38.4. The van der Waals surface area contributed by atoms with Gasteiger partial charge in [-0.25, -0.2) is 4.98 Å². The fraction of sp³-hybridized carbons (Fsp3) is 0.750. The van der Waals surface area contributed by atoms with E-state index in [2.05, 4.69) is 34.5 Å². The Kier molecular flexibility index (Phi) is 3.02. The first-order valence-corrected chi connectivity index (χ1v) is 8.96. The molecule has 4 aliphatic carbocycles. The van der Waals surface area contributed by atoms with Crippen LogP contribution in [0.25, 0.3) is 0 Å². The van der Waals surface area contributed by atoms with Crippen molar-refractivity contribution in [2.45, 2.75) is 57.3 Å². The number of hydrogen-bond acceptors (Lipinski definition) is 2. The van der Waals surface area contributed by atoms with E-state index in [9.17, 15) is 4.79 Å². The van der Waals surface area contributed by atoms with Crippen LogP contribution >= 0.6 is 22.6 Å². The van der Waals surface area contributed by atoms with Crippen molar-refractivity contribution in [2.24, 2.45) is 17.8 Å². The Morgan fingerprint density at radius 3 is 2.25 bits per heavy atom. The smallest absolute Gasteiger partial charge is 0.264 e.